The molecule has 1 heterocycles. The van der Waals surface area contributed by atoms with Gasteiger partial charge in [-0.15, -0.1) is 5.10 Å². The second kappa shape index (κ2) is 2.19. The number of nitrogens with zero attached hydrogens (tertiary/aromatic N) is 2. The highest BCUT2D eigenvalue weighted by Crippen LogP contribution is 1.99. The number of carbonyl (C=O) groups is 1. The van der Waals surface area contributed by atoms with Crippen molar-refractivity contribution in [2.45, 2.75) is 0 Å². The Morgan fingerprint density at radius 1 is 1.88 bits per heavy atom. The Kier molecular flexibility index (Phi) is 1.55. The van der Waals surface area contributed by atoms with Crippen LogP contribution in [0.15, 0.2) is 5.38 Å². The van der Waals surface area contributed by atoms with Crippen molar-refractivity contribution in [3.05, 3.63) is 11.1 Å². The molecule has 0 fully saturated rings. The van der Waals surface area contributed by atoms with Crippen molar-refractivity contribution in [1.82, 2.24) is 9.59 Å². The van der Waals surface area contributed by atoms with Crippen LogP contribution in [0.5, 0.6) is 0 Å². The summed E-state index contributed by atoms with van der Waals surface area (Å²) in [5.41, 5.74) is 0.219. The van der Waals surface area contributed by atoms with Gasteiger partial charge in [-0.1, -0.05) is 4.49 Å². The Morgan fingerprint density at radius 3 is 2.88 bits per heavy atom. The summed E-state index contributed by atoms with van der Waals surface area (Å²) in [4.78, 5) is 10.2. The normalized spacial score (nSPS) is 9.12. The number of rotatable bonds is 1. The lowest BCUT2D eigenvalue weighted by Gasteiger charge is -1.73. The van der Waals surface area contributed by atoms with Gasteiger partial charge in [0.05, 0.1) is 0 Å². The molecule has 0 aliphatic carbocycles. The van der Waals surface area contributed by atoms with Gasteiger partial charge in [0.2, 0.25) is 0 Å². The third kappa shape index (κ3) is 1.02. The zero-order valence-electron chi connectivity index (χ0n) is 3.67. The van der Waals surface area contributed by atoms with Gasteiger partial charge in [0.15, 0.2) is 5.69 Å². The van der Waals surface area contributed by atoms with Crippen LogP contribution in [0.4, 0.5) is 0 Å². The number of hydrogen-bond acceptors (Lipinski definition) is 4. The first-order valence-corrected chi connectivity index (χ1v) is 2.99. The molecule has 0 unspecified atom stereocenters. The van der Waals surface area contributed by atoms with Crippen LogP contribution in [0.3, 0.4) is 0 Å². The Bertz CT molecular complexity index is 185. The molecule has 0 aromatic carbocycles. The Hall–Kier alpha value is -0.480. The van der Waals surface area contributed by atoms with Crippen molar-refractivity contribution >= 4 is 28.4 Å². The first-order chi connectivity index (χ1) is 3.80. The first-order valence-electron chi connectivity index (χ1n) is 1.77. The fraction of sp³-hybridized carbons (Fsp3) is 0. The van der Waals surface area contributed by atoms with Crippen molar-refractivity contribution in [3.63, 3.8) is 0 Å². The van der Waals surface area contributed by atoms with Gasteiger partial charge < -0.3 is 0 Å². The van der Waals surface area contributed by atoms with E-state index in [0.29, 0.717) is 0 Å². The van der Waals surface area contributed by atoms with E-state index >= 15 is 0 Å². The summed E-state index contributed by atoms with van der Waals surface area (Å²) in [6.45, 7) is 0. The van der Waals surface area contributed by atoms with Gasteiger partial charge in [-0.3, -0.25) is 4.79 Å². The van der Waals surface area contributed by atoms with E-state index < -0.39 is 5.24 Å². The lowest BCUT2D eigenvalue weighted by molar-refractivity contribution is 0.107. The third-order valence-electron chi connectivity index (χ3n) is 0.561. The van der Waals surface area contributed by atoms with Crippen molar-refractivity contribution in [2.75, 3.05) is 0 Å². The van der Waals surface area contributed by atoms with Crippen LogP contribution in [0.1, 0.15) is 10.5 Å². The molecule has 5 heteroatoms. The fourth-order valence-electron chi connectivity index (χ4n) is 0.250. The molecule has 0 amide bonds. The number of halogens is 1. The van der Waals surface area contributed by atoms with E-state index in [1.807, 2.05) is 0 Å². The van der Waals surface area contributed by atoms with Crippen LogP contribution in [0.25, 0.3) is 0 Å². The molecular weight excluding hydrogens is 148 g/mol. The lowest BCUT2D eigenvalue weighted by Crippen LogP contribution is -1.86. The van der Waals surface area contributed by atoms with Crippen LogP contribution in [0.2, 0.25) is 0 Å². The summed E-state index contributed by atoms with van der Waals surface area (Å²) in [6, 6.07) is 0. The molecule has 1 aromatic heterocycles. The van der Waals surface area contributed by atoms with E-state index in [9.17, 15) is 4.79 Å². The van der Waals surface area contributed by atoms with Gasteiger partial charge in [-0.25, -0.2) is 0 Å². The molecule has 0 N–H and O–H groups in total. The van der Waals surface area contributed by atoms with Crippen LogP contribution in [-0.2, 0) is 0 Å². The quantitative estimate of drug-likeness (QED) is 0.557. The van der Waals surface area contributed by atoms with Crippen LogP contribution in [-0.4, -0.2) is 14.8 Å². The van der Waals surface area contributed by atoms with E-state index in [1.165, 1.54) is 5.38 Å². The molecule has 0 saturated heterocycles. The first kappa shape index (κ1) is 5.65. The maximum absolute atomic E-state index is 10.2. The van der Waals surface area contributed by atoms with E-state index in [-0.39, 0.29) is 5.69 Å². The Balaban J connectivity index is 2.93. The maximum atomic E-state index is 10.2. The topological polar surface area (TPSA) is 42.9 Å². The molecule has 1 aromatic rings. The predicted molar refractivity (Wildman–Crippen MR) is 30.1 cm³/mol. The summed E-state index contributed by atoms with van der Waals surface area (Å²) in [5.74, 6) is 0. The molecule has 0 radical (unpaired) electrons. The zero-order valence-corrected chi connectivity index (χ0v) is 5.24. The van der Waals surface area contributed by atoms with Crippen molar-refractivity contribution < 1.29 is 4.79 Å². The summed E-state index contributed by atoms with van der Waals surface area (Å²) in [6.07, 6.45) is 0. The highest BCUT2D eigenvalue weighted by Gasteiger charge is 2.01. The predicted octanol–water partition coefficient (Wildman–Crippen LogP) is 0.917. The number of carbonyl (C=O) groups excluding carboxylic acids is 1. The molecule has 0 bridgehead atoms. The number of hydrogen-bond donors (Lipinski definition) is 0. The summed E-state index contributed by atoms with van der Waals surface area (Å²) < 4.78 is 3.43. The highest BCUT2D eigenvalue weighted by molar-refractivity contribution is 7.03. The monoisotopic (exact) mass is 148 g/mol. The smallest absolute Gasteiger partial charge is 0.273 e. The molecule has 3 nitrogen and oxygen atoms in total. The van der Waals surface area contributed by atoms with Gasteiger partial charge in [-0.2, -0.15) is 0 Å². The van der Waals surface area contributed by atoms with Crippen LogP contribution < -0.4 is 0 Å². The average Bonchev–Trinajstić information content (AvgIpc) is 2.12. The largest absolute Gasteiger partial charge is 0.274 e. The Labute approximate surface area is 54.5 Å². The van der Waals surface area contributed by atoms with E-state index in [2.05, 4.69) is 9.59 Å². The maximum Gasteiger partial charge on any atom is 0.273 e. The summed E-state index contributed by atoms with van der Waals surface area (Å²) in [5, 5.41) is 4.34. The zero-order chi connectivity index (χ0) is 5.98. The van der Waals surface area contributed by atoms with E-state index in [4.69, 9.17) is 11.6 Å². The number of aromatic nitrogens is 2. The highest BCUT2D eigenvalue weighted by atomic mass is 35.5. The minimum atomic E-state index is -0.557. The minimum absolute atomic E-state index is 0.219. The van der Waals surface area contributed by atoms with Crippen molar-refractivity contribution in [3.8, 4) is 0 Å². The molecule has 0 atom stereocenters. The molecule has 0 aliphatic rings. The van der Waals surface area contributed by atoms with Crippen molar-refractivity contribution in [1.29, 1.82) is 0 Å². The summed E-state index contributed by atoms with van der Waals surface area (Å²) in [7, 11) is 0. The van der Waals surface area contributed by atoms with Gasteiger partial charge in [0.1, 0.15) is 0 Å². The second-order valence-electron chi connectivity index (χ2n) is 1.06. The molecule has 0 aliphatic heterocycles. The molecule has 8 heavy (non-hydrogen) atoms. The standard InChI is InChI=1S/C3HClN2OS/c4-3(7)2-1-8-6-5-2/h1H. The van der Waals surface area contributed by atoms with Crippen molar-refractivity contribution in [2.24, 2.45) is 0 Å². The molecule has 1 rings (SSSR count). The summed E-state index contributed by atoms with van der Waals surface area (Å²) >= 11 is 6.11. The Morgan fingerprint density at radius 2 is 2.62 bits per heavy atom. The van der Waals surface area contributed by atoms with Crippen LogP contribution in [0, 0.1) is 0 Å². The van der Waals surface area contributed by atoms with Gasteiger partial charge in [0, 0.05) is 5.38 Å². The lowest BCUT2D eigenvalue weighted by atomic mass is 10.6. The third-order valence-corrected chi connectivity index (χ3v) is 1.26. The minimum Gasteiger partial charge on any atom is -0.274 e. The van der Waals surface area contributed by atoms with Gasteiger partial charge >= 0.3 is 0 Å². The average molecular weight is 149 g/mol. The van der Waals surface area contributed by atoms with Crippen LogP contribution >= 0.6 is 23.1 Å². The molecule has 42 valence electrons. The SMILES string of the molecule is O=C(Cl)c1csnn1. The van der Waals surface area contributed by atoms with Gasteiger partial charge in [0.25, 0.3) is 5.24 Å². The second-order valence-corrected chi connectivity index (χ2v) is 2.02. The molecular formula is C3HClN2OS. The van der Waals surface area contributed by atoms with Gasteiger partial charge in [-0.05, 0) is 23.1 Å². The van der Waals surface area contributed by atoms with E-state index in [0.717, 1.165) is 11.5 Å². The molecule has 0 spiro atoms. The fourth-order valence-corrected chi connectivity index (χ4v) is 0.844. The van der Waals surface area contributed by atoms with E-state index in [1.54, 1.807) is 0 Å². The molecule has 0 saturated carbocycles.